The number of nitrogens with zero attached hydrogens (tertiary/aromatic N) is 1. The Morgan fingerprint density at radius 1 is 1.18 bits per heavy atom. The lowest BCUT2D eigenvalue weighted by molar-refractivity contribution is 0.162. The predicted octanol–water partition coefficient (Wildman–Crippen LogP) is 2.39. The molecule has 4 nitrogen and oxygen atoms in total. The standard InChI is InChI=1S/C17H26ClN3O/c18-16-11-13(12-21-9-5-14(19)6-10-21)1-2-17(16)22-15-3-7-20-8-4-15/h1-2,11,14-15,20H,3-10,12,19H2. The van der Waals surface area contributed by atoms with Gasteiger partial charge in [-0.15, -0.1) is 0 Å². The zero-order chi connectivity index (χ0) is 15.4. The number of nitrogens with one attached hydrogen (secondary N) is 1. The molecule has 2 aliphatic rings. The summed E-state index contributed by atoms with van der Waals surface area (Å²) in [5.41, 5.74) is 7.20. The van der Waals surface area contributed by atoms with Crippen LogP contribution in [0.15, 0.2) is 18.2 Å². The van der Waals surface area contributed by atoms with E-state index in [2.05, 4.69) is 16.3 Å². The van der Waals surface area contributed by atoms with Gasteiger partial charge in [0.2, 0.25) is 0 Å². The summed E-state index contributed by atoms with van der Waals surface area (Å²) in [7, 11) is 0. The zero-order valence-corrected chi connectivity index (χ0v) is 13.8. The number of hydrogen-bond donors (Lipinski definition) is 2. The molecule has 2 heterocycles. The van der Waals surface area contributed by atoms with E-state index in [0.717, 1.165) is 69.2 Å². The van der Waals surface area contributed by atoms with Crippen molar-refractivity contribution in [1.29, 1.82) is 0 Å². The summed E-state index contributed by atoms with van der Waals surface area (Å²) in [6, 6.07) is 6.58. The first kappa shape index (κ1) is 16.1. The lowest BCUT2D eigenvalue weighted by Crippen LogP contribution is -2.39. The van der Waals surface area contributed by atoms with Crippen molar-refractivity contribution in [1.82, 2.24) is 10.2 Å². The Hall–Kier alpha value is -0.810. The van der Waals surface area contributed by atoms with Crippen molar-refractivity contribution in [2.45, 2.75) is 44.4 Å². The molecule has 0 saturated carbocycles. The first-order valence-electron chi connectivity index (χ1n) is 8.34. The average Bonchev–Trinajstić information content (AvgIpc) is 2.53. The van der Waals surface area contributed by atoms with Crippen molar-refractivity contribution in [3.05, 3.63) is 28.8 Å². The number of benzene rings is 1. The minimum atomic E-state index is 0.285. The molecule has 0 bridgehead atoms. The molecule has 0 unspecified atom stereocenters. The van der Waals surface area contributed by atoms with E-state index in [1.807, 2.05) is 12.1 Å². The van der Waals surface area contributed by atoms with Crippen LogP contribution in [0.1, 0.15) is 31.2 Å². The fourth-order valence-corrected chi connectivity index (χ4v) is 3.45. The third-order valence-corrected chi connectivity index (χ3v) is 4.91. The molecule has 3 N–H and O–H groups in total. The van der Waals surface area contributed by atoms with Gasteiger partial charge in [-0.05, 0) is 69.6 Å². The highest BCUT2D eigenvalue weighted by Gasteiger charge is 2.18. The van der Waals surface area contributed by atoms with Gasteiger partial charge in [-0.25, -0.2) is 0 Å². The van der Waals surface area contributed by atoms with Crippen LogP contribution in [0.2, 0.25) is 5.02 Å². The molecule has 2 saturated heterocycles. The van der Waals surface area contributed by atoms with Crippen LogP contribution >= 0.6 is 11.6 Å². The summed E-state index contributed by atoms with van der Waals surface area (Å²) in [5.74, 6) is 0.818. The first-order valence-corrected chi connectivity index (χ1v) is 8.72. The van der Waals surface area contributed by atoms with Crippen LogP contribution in [0.4, 0.5) is 0 Å². The van der Waals surface area contributed by atoms with Gasteiger partial charge >= 0.3 is 0 Å². The maximum atomic E-state index is 6.41. The van der Waals surface area contributed by atoms with Gasteiger partial charge in [-0.1, -0.05) is 17.7 Å². The van der Waals surface area contributed by atoms with E-state index in [4.69, 9.17) is 22.1 Å². The lowest BCUT2D eigenvalue weighted by Gasteiger charge is -2.30. The summed E-state index contributed by atoms with van der Waals surface area (Å²) in [6.07, 6.45) is 4.56. The van der Waals surface area contributed by atoms with Gasteiger partial charge in [0.1, 0.15) is 11.9 Å². The third kappa shape index (κ3) is 4.35. The predicted molar refractivity (Wildman–Crippen MR) is 90.5 cm³/mol. The van der Waals surface area contributed by atoms with Gasteiger partial charge in [0.05, 0.1) is 5.02 Å². The number of nitrogens with two attached hydrogens (primary N) is 1. The average molecular weight is 324 g/mol. The normalized spacial score (nSPS) is 21.9. The van der Waals surface area contributed by atoms with Crippen molar-refractivity contribution >= 4 is 11.6 Å². The van der Waals surface area contributed by atoms with Crippen LogP contribution < -0.4 is 15.8 Å². The Labute approximate surface area is 138 Å². The summed E-state index contributed by atoms with van der Waals surface area (Å²) in [5, 5.41) is 4.07. The Morgan fingerprint density at radius 3 is 2.59 bits per heavy atom. The Kier molecular flexibility index (Phi) is 5.58. The minimum Gasteiger partial charge on any atom is -0.489 e. The second-order valence-corrected chi connectivity index (χ2v) is 6.85. The maximum Gasteiger partial charge on any atom is 0.138 e. The zero-order valence-electron chi connectivity index (χ0n) is 13.1. The van der Waals surface area contributed by atoms with E-state index in [1.165, 1.54) is 5.56 Å². The van der Waals surface area contributed by atoms with E-state index in [-0.39, 0.29) is 6.10 Å². The smallest absolute Gasteiger partial charge is 0.138 e. The van der Waals surface area contributed by atoms with Gasteiger partial charge in [0.25, 0.3) is 0 Å². The van der Waals surface area contributed by atoms with Crippen molar-refractivity contribution in [3.8, 4) is 5.75 Å². The number of hydrogen-bond acceptors (Lipinski definition) is 4. The largest absolute Gasteiger partial charge is 0.489 e. The summed E-state index contributed by atoms with van der Waals surface area (Å²) in [6.45, 7) is 5.15. The number of rotatable bonds is 4. The van der Waals surface area contributed by atoms with Crippen molar-refractivity contribution < 1.29 is 4.74 Å². The van der Waals surface area contributed by atoms with Crippen molar-refractivity contribution in [3.63, 3.8) is 0 Å². The highest BCUT2D eigenvalue weighted by Crippen LogP contribution is 2.28. The van der Waals surface area contributed by atoms with Crippen LogP contribution in [-0.2, 0) is 6.54 Å². The van der Waals surface area contributed by atoms with E-state index in [0.29, 0.717) is 6.04 Å². The van der Waals surface area contributed by atoms with E-state index in [9.17, 15) is 0 Å². The van der Waals surface area contributed by atoms with E-state index in [1.54, 1.807) is 0 Å². The lowest BCUT2D eigenvalue weighted by atomic mass is 10.1. The minimum absolute atomic E-state index is 0.285. The van der Waals surface area contributed by atoms with Crippen LogP contribution in [-0.4, -0.2) is 43.2 Å². The van der Waals surface area contributed by atoms with Crippen molar-refractivity contribution in [2.75, 3.05) is 26.2 Å². The SMILES string of the molecule is NC1CCN(Cc2ccc(OC3CCNCC3)c(Cl)c2)CC1. The molecule has 0 aromatic heterocycles. The van der Waals surface area contributed by atoms with Crippen LogP contribution in [0, 0.1) is 0 Å². The van der Waals surface area contributed by atoms with Crippen LogP contribution in [0.25, 0.3) is 0 Å². The number of ether oxygens (including phenoxy) is 1. The second kappa shape index (κ2) is 7.64. The molecule has 2 fully saturated rings. The van der Waals surface area contributed by atoms with Gasteiger partial charge in [0.15, 0.2) is 0 Å². The highest BCUT2D eigenvalue weighted by molar-refractivity contribution is 6.32. The molecule has 122 valence electrons. The second-order valence-electron chi connectivity index (χ2n) is 6.45. The van der Waals surface area contributed by atoms with Crippen molar-refractivity contribution in [2.24, 2.45) is 5.73 Å². The maximum absolute atomic E-state index is 6.41. The molecule has 0 amide bonds. The molecule has 5 heteroatoms. The van der Waals surface area contributed by atoms with Gasteiger partial charge in [-0.3, -0.25) is 4.90 Å². The molecule has 0 radical (unpaired) electrons. The number of likely N-dealkylation sites (tertiary alicyclic amines) is 1. The van der Waals surface area contributed by atoms with Gasteiger partial charge in [-0.2, -0.15) is 0 Å². The molecule has 1 aromatic rings. The topological polar surface area (TPSA) is 50.5 Å². The first-order chi connectivity index (χ1) is 10.7. The third-order valence-electron chi connectivity index (χ3n) is 4.61. The Bertz CT molecular complexity index is 483. The molecular formula is C17H26ClN3O. The number of halogens is 1. The molecule has 0 spiro atoms. The summed E-state index contributed by atoms with van der Waals surface area (Å²) < 4.78 is 6.04. The fourth-order valence-electron chi connectivity index (χ4n) is 3.20. The molecule has 22 heavy (non-hydrogen) atoms. The Balaban J connectivity index is 1.57. The van der Waals surface area contributed by atoms with E-state index >= 15 is 0 Å². The fraction of sp³-hybridized carbons (Fsp3) is 0.647. The Morgan fingerprint density at radius 2 is 1.91 bits per heavy atom. The van der Waals surface area contributed by atoms with Gasteiger partial charge in [0, 0.05) is 12.6 Å². The monoisotopic (exact) mass is 323 g/mol. The summed E-state index contributed by atoms with van der Waals surface area (Å²) in [4.78, 5) is 2.45. The summed E-state index contributed by atoms with van der Waals surface area (Å²) >= 11 is 6.41. The number of piperidine rings is 2. The van der Waals surface area contributed by atoms with E-state index < -0.39 is 0 Å². The molecule has 1 aromatic carbocycles. The molecule has 2 aliphatic heterocycles. The molecular weight excluding hydrogens is 298 g/mol. The van der Waals surface area contributed by atoms with Crippen LogP contribution in [0.5, 0.6) is 5.75 Å². The van der Waals surface area contributed by atoms with Crippen LogP contribution in [0.3, 0.4) is 0 Å². The molecule has 0 aliphatic carbocycles. The molecule has 0 atom stereocenters. The van der Waals surface area contributed by atoms with Gasteiger partial charge < -0.3 is 15.8 Å². The highest BCUT2D eigenvalue weighted by atomic mass is 35.5. The molecule has 3 rings (SSSR count). The quantitative estimate of drug-likeness (QED) is 0.893.